The van der Waals surface area contributed by atoms with Gasteiger partial charge in [0.25, 0.3) is 0 Å². The number of rotatable bonds is 15. The van der Waals surface area contributed by atoms with E-state index in [4.69, 9.17) is 14.7 Å². The summed E-state index contributed by atoms with van der Waals surface area (Å²) in [5.41, 5.74) is 6.03. The Morgan fingerprint density at radius 1 is 0.705 bits per heavy atom. The van der Waals surface area contributed by atoms with Gasteiger partial charge in [0.2, 0.25) is 17.7 Å². The Bertz CT molecular complexity index is 1920. The van der Waals surface area contributed by atoms with Crippen molar-refractivity contribution in [2.45, 2.75) is 105 Å². The SMILES string of the molecule is CC.CC.CNC(C(=O)N1CCC[C@H]1c1ncc(-c2ccc(-c3ccc(-c4cnc([C@@H]5CCCN5C(=O)C(NC(=O)COC)C(C)C)[nH]4)cc3)cc2)[nH]1)C(C)C.COCC=O. The van der Waals surface area contributed by atoms with Crippen molar-refractivity contribution in [1.29, 1.82) is 0 Å². The van der Waals surface area contributed by atoms with Gasteiger partial charge in [0.1, 0.15) is 37.2 Å². The largest absolute Gasteiger partial charge is 0.377 e. The van der Waals surface area contributed by atoms with Crippen LogP contribution in [0.15, 0.2) is 60.9 Å². The number of H-pyrrole nitrogens is 2. The minimum absolute atomic E-state index is 0.0445. The minimum atomic E-state index is -0.628. The fourth-order valence-electron chi connectivity index (χ4n) is 7.65. The number of benzene rings is 2. The monoisotopic (exact) mass is 843 g/mol. The first kappa shape index (κ1) is 50.2. The highest BCUT2D eigenvalue weighted by Gasteiger charge is 2.38. The molecule has 4 aromatic rings. The van der Waals surface area contributed by atoms with Crippen LogP contribution in [-0.2, 0) is 28.7 Å². The molecule has 2 aliphatic rings. The third-order valence-corrected chi connectivity index (χ3v) is 10.6. The number of ether oxygens (including phenoxy) is 2. The van der Waals surface area contributed by atoms with Gasteiger partial charge >= 0.3 is 0 Å². The number of nitrogens with zero attached hydrogens (tertiary/aromatic N) is 4. The number of amides is 3. The molecule has 2 aromatic heterocycles. The number of hydrogen-bond acceptors (Lipinski definition) is 9. The average molecular weight is 843 g/mol. The molecule has 2 aromatic carbocycles. The van der Waals surface area contributed by atoms with Crippen molar-refractivity contribution < 1.29 is 28.7 Å². The number of aromatic nitrogens is 4. The van der Waals surface area contributed by atoms with Crippen LogP contribution >= 0.6 is 0 Å². The molecule has 0 saturated carbocycles. The maximum atomic E-state index is 13.6. The molecule has 4 atom stereocenters. The second-order valence-electron chi connectivity index (χ2n) is 15.3. The normalized spacial score (nSPS) is 16.7. The summed E-state index contributed by atoms with van der Waals surface area (Å²) in [6.45, 7) is 17.5. The summed E-state index contributed by atoms with van der Waals surface area (Å²) in [5, 5.41) is 6.04. The lowest BCUT2D eigenvalue weighted by atomic mass is 10.0. The Kier molecular flexibility index (Phi) is 21.0. The van der Waals surface area contributed by atoms with Crippen LogP contribution in [0.25, 0.3) is 33.6 Å². The van der Waals surface area contributed by atoms with Crippen molar-refractivity contribution in [1.82, 2.24) is 40.4 Å². The van der Waals surface area contributed by atoms with Gasteiger partial charge in [-0.15, -0.1) is 0 Å². The molecule has 0 aliphatic carbocycles. The number of hydrogen-bond donors (Lipinski definition) is 4. The fourth-order valence-corrected chi connectivity index (χ4v) is 7.65. The van der Waals surface area contributed by atoms with E-state index in [1.165, 1.54) is 14.2 Å². The Morgan fingerprint density at radius 3 is 1.46 bits per heavy atom. The summed E-state index contributed by atoms with van der Waals surface area (Å²) in [6, 6.07) is 15.7. The van der Waals surface area contributed by atoms with Gasteiger partial charge in [-0.2, -0.15) is 0 Å². The van der Waals surface area contributed by atoms with Gasteiger partial charge in [0, 0.05) is 27.3 Å². The van der Waals surface area contributed by atoms with Crippen molar-refractivity contribution in [3.8, 4) is 33.6 Å². The predicted molar refractivity (Wildman–Crippen MR) is 241 cm³/mol. The quantitative estimate of drug-likeness (QED) is 0.0891. The molecule has 2 saturated heterocycles. The van der Waals surface area contributed by atoms with E-state index in [0.717, 1.165) is 77.5 Å². The molecular formula is C47H70N8O6. The van der Waals surface area contributed by atoms with Gasteiger partial charge < -0.3 is 44.7 Å². The van der Waals surface area contributed by atoms with Gasteiger partial charge in [-0.3, -0.25) is 14.4 Å². The number of imidazole rings is 2. The molecule has 14 heteroatoms. The molecule has 2 fully saturated rings. The van der Waals surface area contributed by atoms with Crippen LogP contribution in [0.5, 0.6) is 0 Å². The van der Waals surface area contributed by atoms with Crippen LogP contribution in [0, 0.1) is 11.8 Å². The summed E-state index contributed by atoms with van der Waals surface area (Å²) in [4.78, 5) is 68.6. The van der Waals surface area contributed by atoms with Gasteiger partial charge in [-0.1, -0.05) is 104 Å². The van der Waals surface area contributed by atoms with E-state index in [1.807, 2.05) is 70.8 Å². The number of nitrogens with one attached hydrogen (secondary N) is 4. The van der Waals surface area contributed by atoms with Crippen molar-refractivity contribution in [2.75, 3.05) is 47.6 Å². The number of carbonyl (C=O) groups excluding carboxylic acids is 4. The summed E-state index contributed by atoms with van der Waals surface area (Å²) < 4.78 is 9.27. The molecule has 6 rings (SSSR count). The highest BCUT2D eigenvalue weighted by atomic mass is 16.5. The maximum Gasteiger partial charge on any atom is 0.246 e. The molecule has 334 valence electrons. The molecule has 14 nitrogen and oxygen atoms in total. The van der Waals surface area contributed by atoms with Gasteiger partial charge in [-0.25, -0.2) is 9.97 Å². The molecule has 3 amide bonds. The Balaban J connectivity index is 0.00000101. The summed E-state index contributed by atoms with van der Waals surface area (Å²) >= 11 is 0. The van der Waals surface area contributed by atoms with Crippen LogP contribution in [0.3, 0.4) is 0 Å². The van der Waals surface area contributed by atoms with Crippen LogP contribution in [-0.4, -0.2) is 113 Å². The van der Waals surface area contributed by atoms with E-state index in [1.54, 1.807) is 0 Å². The Labute approximate surface area is 363 Å². The number of likely N-dealkylation sites (tertiary alicyclic amines) is 2. The van der Waals surface area contributed by atoms with Crippen molar-refractivity contribution in [2.24, 2.45) is 11.8 Å². The zero-order chi connectivity index (χ0) is 45.1. The maximum absolute atomic E-state index is 13.6. The molecule has 61 heavy (non-hydrogen) atoms. The second-order valence-corrected chi connectivity index (χ2v) is 15.3. The van der Waals surface area contributed by atoms with Gasteiger partial charge in [-0.05, 0) is 66.8 Å². The first-order valence-corrected chi connectivity index (χ1v) is 21.8. The van der Waals surface area contributed by atoms with Gasteiger partial charge in [0.05, 0.1) is 41.9 Å². The second kappa shape index (κ2) is 25.6. The zero-order valence-electron chi connectivity index (χ0n) is 38.2. The Morgan fingerprint density at radius 2 is 1.11 bits per heavy atom. The van der Waals surface area contributed by atoms with E-state index in [-0.39, 0.29) is 60.9 Å². The van der Waals surface area contributed by atoms with Gasteiger partial charge in [0.15, 0.2) is 0 Å². The molecular weight excluding hydrogens is 773 g/mol. The standard InChI is InChI=1S/C40H52N8O4.C3H6O2.2C2H6/c1-24(2)35(41-5)39(50)47-19-7-9-32(47)37-42-21-30(44-37)28-15-11-26(12-16-28)27-13-17-29(18-14-27)31-22-43-38(45-31)33-10-8-20-48(33)40(51)36(25(3)4)46-34(49)23-52-6;1-5-3-2-4;2*1-2/h11-18,21-22,24-25,32-33,35-36,41H,7-10,19-20,23H2,1-6H3,(H,42,44)(H,43,45)(H,46,49);2H,3H2,1H3;2*1-2H3/t32-,33-,35?,36?;;;/m0.../s1. The summed E-state index contributed by atoms with van der Waals surface area (Å²) in [5.74, 6) is 1.46. The predicted octanol–water partition coefficient (Wildman–Crippen LogP) is 7.38. The lowest BCUT2D eigenvalue weighted by Gasteiger charge is -2.30. The van der Waals surface area contributed by atoms with Crippen molar-refractivity contribution >= 4 is 24.0 Å². The van der Waals surface area contributed by atoms with E-state index in [2.05, 4.69) is 87.7 Å². The molecule has 4 heterocycles. The molecule has 2 aliphatic heterocycles. The first-order chi connectivity index (χ1) is 29.5. The number of aromatic amines is 2. The average Bonchev–Trinajstić information content (AvgIpc) is 4.12. The zero-order valence-corrected chi connectivity index (χ0v) is 38.2. The van der Waals surface area contributed by atoms with Crippen LogP contribution in [0.1, 0.15) is 105 Å². The minimum Gasteiger partial charge on any atom is -0.377 e. The number of aldehydes is 1. The van der Waals surface area contributed by atoms with Crippen molar-refractivity contribution in [3.05, 3.63) is 72.6 Å². The summed E-state index contributed by atoms with van der Waals surface area (Å²) in [6.07, 6.45) is 7.93. The topological polar surface area (TPSA) is 175 Å². The van der Waals surface area contributed by atoms with Crippen LogP contribution in [0.2, 0.25) is 0 Å². The highest BCUT2D eigenvalue weighted by molar-refractivity contribution is 5.88. The number of methoxy groups -OCH3 is 2. The molecule has 0 bridgehead atoms. The van der Waals surface area contributed by atoms with E-state index >= 15 is 0 Å². The van der Waals surface area contributed by atoms with Crippen LogP contribution < -0.4 is 10.6 Å². The third kappa shape index (κ3) is 13.2. The third-order valence-electron chi connectivity index (χ3n) is 10.6. The molecule has 4 N–H and O–H groups in total. The highest BCUT2D eigenvalue weighted by Crippen LogP contribution is 2.35. The van der Waals surface area contributed by atoms with E-state index in [9.17, 15) is 19.2 Å². The Hall–Kier alpha value is -5.18. The van der Waals surface area contributed by atoms with E-state index in [0.29, 0.717) is 12.8 Å². The number of likely N-dealkylation sites (N-methyl/N-ethyl adjacent to an activating group) is 1. The smallest absolute Gasteiger partial charge is 0.246 e. The molecule has 0 radical (unpaired) electrons. The van der Waals surface area contributed by atoms with Crippen LogP contribution in [0.4, 0.5) is 0 Å². The number of carbonyl (C=O) groups is 4. The molecule has 2 unspecified atom stereocenters. The lowest BCUT2D eigenvalue weighted by molar-refractivity contribution is -0.139. The fraction of sp³-hybridized carbons (Fsp3) is 0.532. The van der Waals surface area contributed by atoms with Crippen molar-refractivity contribution in [3.63, 3.8) is 0 Å². The lowest BCUT2D eigenvalue weighted by Crippen LogP contribution is -2.51. The van der Waals surface area contributed by atoms with E-state index < -0.39 is 6.04 Å². The molecule has 0 spiro atoms. The first-order valence-electron chi connectivity index (χ1n) is 21.8. The summed E-state index contributed by atoms with van der Waals surface area (Å²) in [7, 11) is 4.79.